The Morgan fingerprint density at radius 3 is 1.52 bits per heavy atom. The highest BCUT2D eigenvalue weighted by Crippen LogP contribution is 2.47. The first kappa shape index (κ1) is 46.6. The number of phosphoric acid groups is 1. The fourth-order valence-electron chi connectivity index (χ4n) is 5.69. The van der Waals surface area contributed by atoms with Crippen molar-refractivity contribution in [3.63, 3.8) is 0 Å². The van der Waals surface area contributed by atoms with Crippen LogP contribution in [0.3, 0.4) is 0 Å². The largest absolute Gasteiger partial charge is 0.472 e. The number of hydrogen-bond donors (Lipinski definition) is 6. The van der Waals surface area contributed by atoms with E-state index in [0.29, 0.717) is 12.8 Å². The van der Waals surface area contributed by atoms with Crippen molar-refractivity contribution >= 4 is 19.8 Å². The lowest BCUT2D eigenvalue weighted by Crippen LogP contribution is -2.64. The average Bonchev–Trinajstić information content (AvgIpc) is 3.09. The third-order valence-corrected chi connectivity index (χ3v) is 9.84. The number of phosphoric ester groups is 1. The minimum Gasteiger partial charge on any atom is -0.462 e. The fraction of sp³-hybridized carbons (Fsp3) is 0.889. The normalized spacial score (nSPS) is 24.2. The van der Waals surface area contributed by atoms with Crippen molar-refractivity contribution in [3.05, 3.63) is 12.2 Å². The van der Waals surface area contributed by atoms with Crippen LogP contribution in [0.1, 0.15) is 149 Å². The molecule has 6 N–H and O–H groups in total. The van der Waals surface area contributed by atoms with Crippen LogP contribution >= 0.6 is 7.82 Å². The zero-order valence-electron chi connectivity index (χ0n) is 30.4. The molecule has 0 saturated heterocycles. The first-order valence-corrected chi connectivity index (χ1v) is 20.5. The Balaban J connectivity index is 2.51. The number of unbranched alkanes of at least 4 members (excludes halogenated alkanes) is 16. The minimum atomic E-state index is -5.10. The van der Waals surface area contributed by atoms with Crippen molar-refractivity contribution in [2.24, 2.45) is 0 Å². The molecule has 0 spiro atoms. The summed E-state index contributed by atoms with van der Waals surface area (Å²) in [5.74, 6) is -1.12. The van der Waals surface area contributed by atoms with Gasteiger partial charge in [-0.3, -0.25) is 18.6 Å². The lowest BCUT2D eigenvalue weighted by atomic mass is 9.85. The number of esters is 2. The van der Waals surface area contributed by atoms with Crippen molar-refractivity contribution < 1.29 is 63.1 Å². The number of aliphatic hydroxyl groups is 5. The molecule has 1 saturated carbocycles. The molecule has 294 valence electrons. The van der Waals surface area contributed by atoms with Gasteiger partial charge >= 0.3 is 19.8 Å². The lowest BCUT2D eigenvalue weighted by molar-refractivity contribution is -0.220. The maximum atomic E-state index is 12.7. The molecule has 0 aromatic carbocycles. The topological polar surface area (TPSA) is 210 Å². The maximum absolute atomic E-state index is 12.7. The molecule has 14 heteroatoms. The molecule has 1 rings (SSSR count). The van der Waals surface area contributed by atoms with Crippen LogP contribution < -0.4 is 0 Å². The van der Waals surface area contributed by atoms with Crippen LogP contribution in [0.5, 0.6) is 0 Å². The van der Waals surface area contributed by atoms with Crippen LogP contribution in [-0.2, 0) is 32.7 Å². The molecule has 0 aliphatic heterocycles. The van der Waals surface area contributed by atoms with E-state index in [2.05, 4.69) is 26.0 Å². The number of rotatable bonds is 30. The Kier molecular flexibility index (Phi) is 26.2. The highest BCUT2D eigenvalue weighted by Gasteiger charge is 2.51. The number of hydrogen-bond acceptors (Lipinski definition) is 12. The monoisotopic (exact) mass is 738 g/mol. The molecule has 3 unspecified atom stereocenters. The van der Waals surface area contributed by atoms with E-state index in [1.54, 1.807) is 0 Å². The molecule has 13 nitrogen and oxygen atoms in total. The molecule has 8 atom stereocenters. The molecule has 1 aliphatic carbocycles. The van der Waals surface area contributed by atoms with Gasteiger partial charge in [0.1, 0.15) is 43.2 Å². The summed E-state index contributed by atoms with van der Waals surface area (Å²) in [5.41, 5.74) is 0. The van der Waals surface area contributed by atoms with Crippen molar-refractivity contribution in [2.45, 2.75) is 191 Å². The van der Waals surface area contributed by atoms with Gasteiger partial charge in [0.2, 0.25) is 0 Å². The van der Waals surface area contributed by atoms with Crippen LogP contribution in [-0.4, -0.2) is 98.3 Å². The van der Waals surface area contributed by atoms with Gasteiger partial charge in [-0.25, -0.2) is 4.57 Å². The van der Waals surface area contributed by atoms with E-state index in [1.807, 2.05) is 0 Å². The van der Waals surface area contributed by atoms with E-state index in [4.69, 9.17) is 18.5 Å². The first-order chi connectivity index (χ1) is 23.9. The van der Waals surface area contributed by atoms with Gasteiger partial charge in [0.25, 0.3) is 0 Å². The Morgan fingerprint density at radius 1 is 0.600 bits per heavy atom. The van der Waals surface area contributed by atoms with E-state index < -0.39 is 75.7 Å². The summed E-state index contributed by atoms with van der Waals surface area (Å²) < 4.78 is 33.2. The van der Waals surface area contributed by atoms with Gasteiger partial charge in [0, 0.05) is 12.8 Å². The minimum absolute atomic E-state index is 0.0895. The third kappa shape index (κ3) is 21.2. The van der Waals surface area contributed by atoms with Crippen molar-refractivity contribution in [1.29, 1.82) is 0 Å². The molecule has 0 heterocycles. The molecule has 50 heavy (non-hydrogen) atoms. The summed E-state index contributed by atoms with van der Waals surface area (Å²) in [4.78, 5) is 35.2. The molecule has 0 amide bonds. The zero-order valence-corrected chi connectivity index (χ0v) is 31.3. The summed E-state index contributed by atoms with van der Waals surface area (Å²) in [6, 6.07) is 0. The van der Waals surface area contributed by atoms with Gasteiger partial charge in [-0.15, -0.1) is 0 Å². The average molecular weight is 739 g/mol. The molecule has 0 aromatic heterocycles. The van der Waals surface area contributed by atoms with Gasteiger partial charge in [-0.05, 0) is 38.5 Å². The number of aliphatic hydroxyl groups excluding tert-OH is 5. The molecule has 1 aliphatic rings. The van der Waals surface area contributed by atoms with Gasteiger partial charge in [-0.2, -0.15) is 0 Å². The van der Waals surface area contributed by atoms with Crippen molar-refractivity contribution in [2.75, 3.05) is 13.2 Å². The van der Waals surface area contributed by atoms with E-state index in [0.717, 1.165) is 70.6 Å². The molecule has 0 bridgehead atoms. The van der Waals surface area contributed by atoms with Crippen LogP contribution in [0.15, 0.2) is 12.2 Å². The molecule has 0 radical (unpaired) electrons. The Bertz CT molecular complexity index is 948. The number of allylic oxidation sites excluding steroid dienone is 2. The number of carbonyl (C=O) groups excluding carboxylic acids is 2. The molecular weight excluding hydrogens is 671 g/mol. The highest BCUT2D eigenvalue weighted by atomic mass is 31.2. The highest BCUT2D eigenvalue weighted by molar-refractivity contribution is 7.47. The van der Waals surface area contributed by atoms with Gasteiger partial charge in [-0.1, -0.05) is 109 Å². The summed E-state index contributed by atoms with van der Waals surface area (Å²) in [6.07, 6.45) is 11.9. The van der Waals surface area contributed by atoms with Gasteiger partial charge < -0.3 is 39.9 Å². The second-order valence-corrected chi connectivity index (χ2v) is 14.8. The number of ether oxygens (including phenoxy) is 2. The summed E-state index contributed by atoms with van der Waals surface area (Å²) in [5, 5.41) is 49.8. The Labute approximate surface area is 299 Å². The Hall–Kier alpha value is -1.41. The van der Waals surface area contributed by atoms with E-state index >= 15 is 0 Å². The smallest absolute Gasteiger partial charge is 0.462 e. The second kappa shape index (κ2) is 28.1. The van der Waals surface area contributed by atoms with Gasteiger partial charge in [0.05, 0.1) is 6.61 Å². The van der Waals surface area contributed by atoms with E-state index in [9.17, 15) is 44.6 Å². The SMILES string of the molecule is CCCCCCCC/C=C/CCCCCCCC(=O)O[C@@H](COC(=O)CCCCCCCC)COP(=O)(O)OC1[C@H](O)[C@H](O)C(O)[C@H](O)[C@H]1O. The standard InChI is InChI=1S/C36H67O13P/c1-3-5-7-9-11-12-13-14-15-16-17-18-19-21-23-25-30(38)48-28(26-46-29(37)24-22-20-10-8-6-4-2)27-47-50(44,45)49-36-34(42)32(40)31(39)33(41)35(36)43/h14-15,28,31-36,39-43H,3-13,16-27H2,1-2H3,(H,44,45)/b15-14+/t28-,31?,32-,33+,34+,35+,36?/m0/s1. The van der Waals surface area contributed by atoms with Crippen LogP contribution in [0.25, 0.3) is 0 Å². The summed E-state index contributed by atoms with van der Waals surface area (Å²) in [7, 11) is -5.10. The van der Waals surface area contributed by atoms with Gasteiger partial charge in [0.15, 0.2) is 6.10 Å². The molecule has 1 fully saturated rings. The van der Waals surface area contributed by atoms with E-state index in [1.165, 1.54) is 38.5 Å². The van der Waals surface area contributed by atoms with Crippen molar-refractivity contribution in [3.8, 4) is 0 Å². The maximum Gasteiger partial charge on any atom is 0.472 e. The Morgan fingerprint density at radius 2 is 1.02 bits per heavy atom. The quantitative estimate of drug-likeness (QED) is 0.0231. The predicted molar refractivity (Wildman–Crippen MR) is 189 cm³/mol. The summed E-state index contributed by atoms with van der Waals surface area (Å²) in [6.45, 7) is 3.17. The first-order valence-electron chi connectivity index (χ1n) is 19.0. The van der Waals surface area contributed by atoms with Crippen molar-refractivity contribution in [1.82, 2.24) is 0 Å². The van der Waals surface area contributed by atoms with Crippen LogP contribution in [0.4, 0.5) is 0 Å². The molecule has 0 aromatic rings. The lowest BCUT2D eigenvalue weighted by Gasteiger charge is -2.41. The number of carbonyl (C=O) groups is 2. The molecular formula is C36H67O13P. The summed E-state index contributed by atoms with van der Waals surface area (Å²) >= 11 is 0. The van der Waals surface area contributed by atoms with E-state index in [-0.39, 0.29) is 12.8 Å². The second-order valence-electron chi connectivity index (χ2n) is 13.4. The van der Waals surface area contributed by atoms with Crippen LogP contribution in [0, 0.1) is 0 Å². The van der Waals surface area contributed by atoms with Crippen LogP contribution in [0.2, 0.25) is 0 Å². The zero-order chi connectivity index (χ0) is 37.2. The third-order valence-electron chi connectivity index (χ3n) is 8.86. The fourth-order valence-corrected chi connectivity index (χ4v) is 6.66. The predicted octanol–water partition coefficient (Wildman–Crippen LogP) is 5.55.